The van der Waals surface area contributed by atoms with Gasteiger partial charge in [0.1, 0.15) is 30.7 Å². The second kappa shape index (κ2) is 8.96. The van der Waals surface area contributed by atoms with Crippen molar-refractivity contribution in [1.82, 2.24) is 0 Å². The molecule has 0 spiro atoms. The van der Waals surface area contributed by atoms with Crippen molar-refractivity contribution in [3.05, 3.63) is 66.8 Å². The van der Waals surface area contributed by atoms with E-state index in [4.69, 9.17) is 9.47 Å². The minimum Gasteiger partial charge on any atom is -0.490 e. The van der Waals surface area contributed by atoms with E-state index in [2.05, 4.69) is 44.4 Å². The highest BCUT2D eigenvalue weighted by Crippen LogP contribution is 2.57. The van der Waals surface area contributed by atoms with Gasteiger partial charge in [-0.15, -0.1) is 6.58 Å². The van der Waals surface area contributed by atoms with Gasteiger partial charge in [-0.25, -0.2) is 0 Å². The zero-order valence-electron chi connectivity index (χ0n) is 19.5. The van der Waals surface area contributed by atoms with Crippen molar-refractivity contribution in [2.75, 3.05) is 6.61 Å². The van der Waals surface area contributed by atoms with Gasteiger partial charge in [0.15, 0.2) is 0 Å². The Morgan fingerprint density at radius 3 is 2.58 bits per heavy atom. The molecule has 0 unspecified atom stereocenters. The van der Waals surface area contributed by atoms with E-state index in [-0.39, 0.29) is 42.7 Å². The molecule has 1 aromatic rings. The Balaban J connectivity index is 1.57. The molecule has 2 saturated carbocycles. The minimum absolute atomic E-state index is 0.0402. The van der Waals surface area contributed by atoms with Crippen LogP contribution in [-0.4, -0.2) is 24.5 Å². The molecule has 33 heavy (non-hydrogen) atoms. The van der Waals surface area contributed by atoms with Gasteiger partial charge in [0, 0.05) is 17.8 Å². The van der Waals surface area contributed by atoms with Crippen LogP contribution >= 0.6 is 0 Å². The molecule has 0 aromatic heterocycles. The summed E-state index contributed by atoms with van der Waals surface area (Å²) in [7, 11) is 0. The third-order valence-electron chi connectivity index (χ3n) is 8.39. The smallest absolute Gasteiger partial charge is 0.313 e. The fraction of sp³-hybridized carbons (Fsp3) is 0.517. The molecule has 2 bridgehead atoms. The molecular weight excluding hydrogens is 412 g/mol. The van der Waals surface area contributed by atoms with Crippen LogP contribution in [0.2, 0.25) is 0 Å². The van der Waals surface area contributed by atoms with Crippen molar-refractivity contribution in [3.8, 4) is 5.75 Å². The van der Waals surface area contributed by atoms with Gasteiger partial charge < -0.3 is 9.47 Å². The summed E-state index contributed by atoms with van der Waals surface area (Å²) in [6.07, 6.45) is 10.2. The van der Waals surface area contributed by atoms with Crippen LogP contribution < -0.4 is 4.74 Å². The first-order chi connectivity index (χ1) is 15.9. The van der Waals surface area contributed by atoms with Crippen LogP contribution in [0.25, 0.3) is 0 Å². The van der Waals surface area contributed by atoms with E-state index >= 15 is 0 Å². The van der Waals surface area contributed by atoms with E-state index in [0.29, 0.717) is 30.1 Å². The highest BCUT2D eigenvalue weighted by Gasteiger charge is 2.58. The normalized spacial score (nSPS) is 38.4. The van der Waals surface area contributed by atoms with Crippen LogP contribution in [0.3, 0.4) is 0 Å². The molecule has 2 aliphatic heterocycles. The lowest BCUT2D eigenvalue weighted by molar-refractivity contribution is -0.147. The summed E-state index contributed by atoms with van der Waals surface area (Å²) >= 11 is 0. The third kappa shape index (κ3) is 4.20. The average molecular weight is 447 g/mol. The fourth-order valence-corrected chi connectivity index (χ4v) is 6.93. The zero-order chi connectivity index (χ0) is 23.1. The Labute approximate surface area is 196 Å². The van der Waals surface area contributed by atoms with Gasteiger partial charge >= 0.3 is 5.97 Å². The summed E-state index contributed by atoms with van der Waals surface area (Å²) in [5, 5.41) is 0. The number of benzene rings is 1. The molecule has 3 aliphatic carbocycles. The van der Waals surface area contributed by atoms with Crippen LogP contribution in [0.15, 0.2) is 61.2 Å². The second-order valence-corrected chi connectivity index (χ2v) is 10.6. The van der Waals surface area contributed by atoms with Gasteiger partial charge in [-0.05, 0) is 66.2 Å². The van der Waals surface area contributed by atoms with Crippen molar-refractivity contribution in [1.29, 1.82) is 0 Å². The van der Waals surface area contributed by atoms with Gasteiger partial charge in [-0.1, -0.05) is 50.3 Å². The average Bonchev–Trinajstić information content (AvgIpc) is 3.10. The number of Topliss-reactive ketones (excluding diaryl/α,β-unsaturated/α-hetero) is 1. The predicted molar refractivity (Wildman–Crippen MR) is 128 cm³/mol. The second-order valence-electron chi connectivity index (χ2n) is 10.6. The maximum Gasteiger partial charge on any atom is 0.313 e. The summed E-state index contributed by atoms with van der Waals surface area (Å²) in [6, 6.07) is 8.18. The van der Waals surface area contributed by atoms with Gasteiger partial charge in [-0.2, -0.15) is 0 Å². The summed E-state index contributed by atoms with van der Waals surface area (Å²) in [5.41, 5.74) is 1.91. The maximum absolute atomic E-state index is 13.6. The molecule has 0 amide bonds. The van der Waals surface area contributed by atoms with E-state index in [9.17, 15) is 9.59 Å². The number of carbonyl (C=O) groups is 2. The van der Waals surface area contributed by atoms with Crippen molar-refractivity contribution in [2.45, 2.75) is 45.1 Å². The number of ketones is 1. The molecule has 1 aromatic carbocycles. The molecule has 6 rings (SSSR count). The van der Waals surface area contributed by atoms with Gasteiger partial charge in [0.2, 0.25) is 0 Å². The zero-order valence-corrected chi connectivity index (χ0v) is 19.5. The Bertz CT molecular complexity index is 974. The number of carbonyl (C=O) groups excluding carboxylic acids is 2. The summed E-state index contributed by atoms with van der Waals surface area (Å²) < 4.78 is 12.2. The van der Waals surface area contributed by atoms with Crippen molar-refractivity contribution in [2.24, 2.45) is 41.4 Å². The molecule has 0 N–H and O–H groups in total. The molecule has 2 fully saturated rings. The number of hydrogen-bond acceptors (Lipinski definition) is 4. The summed E-state index contributed by atoms with van der Waals surface area (Å²) in [5.74, 6) is 1.86. The van der Waals surface area contributed by atoms with E-state index in [0.717, 1.165) is 23.3 Å². The largest absolute Gasteiger partial charge is 0.490 e. The number of allylic oxidation sites excluding steroid dienone is 3. The first-order valence-electron chi connectivity index (χ1n) is 12.4. The van der Waals surface area contributed by atoms with Crippen LogP contribution in [0.5, 0.6) is 5.75 Å². The maximum atomic E-state index is 13.6. The lowest BCUT2D eigenvalue weighted by Gasteiger charge is -2.38. The SMILES string of the molecule is C=C[C@H]1C=C[C@H]2[C@@H]3C[C@H](C)CC[C@H]3[C@@H]3Oc4ccc(cc4)CC(=C)COC(=O)CC(=O)[C@@H]1[C@H]23. The van der Waals surface area contributed by atoms with Crippen LogP contribution in [0.1, 0.15) is 38.2 Å². The number of fused-ring (bicyclic) bond motifs is 10. The fourth-order valence-electron chi connectivity index (χ4n) is 6.93. The Kier molecular flexibility index (Phi) is 6.03. The molecule has 4 nitrogen and oxygen atoms in total. The minimum atomic E-state index is -0.471. The van der Waals surface area contributed by atoms with Gasteiger partial charge in [0.25, 0.3) is 0 Å². The number of rotatable bonds is 1. The molecule has 2 heterocycles. The van der Waals surface area contributed by atoms with E-state index in [1.165, 1.54) is 12.8 Å². The molecule has 4 heteroatoms. The highest BCUT2D eigenvalue weighted by molar-refractivity contribution is 5.97. The van der Waals surface area contributed by atoms with Crippen LogP contribution in [0.4, 0.5) is 0 Å². The topological polar surface area (TPSA) is 52.6 Å². The monoisotopic (exact) mass is 446 g/mol. The predicted octanol–water partition coefficient (Wildman–Crippen LogP) is 5.34. The van der Waals surface area contributed by atoms with Crippen molar-refractivity contribution in [3.63, 3.8) is 0 Å². The summed E-state index contributed by atoms with van der Waals surface area (Å²) in [4.78, 5) is 26.2. The van der Waals surface area contributed by atoms with Crippen LogP contribution in [-0.2, 0) is 20.7 Å². The Morgan fingerprint density at radius 2 is 1.82 bits per heavy atom. The molecule has 5 aliphatic rings. The molecule has 0 saturated heterocycles. The lowest BCUT2D eigenvalue weighted by atomic mass is 9.66. The molecule has 174 valence electrons. The quantitative estimate of drug-likeness (QED) is 0.332. The van der Waals surface area contributed by atoms with E-state index in [1.54, 1.807) is 0 Å². The van der Waals surface area contributed by atoms with Crippen molar-refractivity contribution < 1.29 is 19.1 Å². The van der Waals surface area contributed by atoms with Crippen molar-refractivity contribution >= 4 is 11.8 Å². The van der Waals surface area contributed by atoms with Crippen LogP contribution in [0, 0.1) is 41.4 Å². The van der Waals surface area contributed by atoms with Gasteiger partial charge in [-0.3, -0.25) is 9.59 Å². The highest BCUT2D eigenvalue weighted by atomic mass is 16.5. The Morgan fingerprint density at radius 1 is 1.03 bits per heavy atom. The number of esters is 1. The molecule has 8 atom stereocenters. The summed E-state index contributed by atoms with van der Waals surface area (Å²) in [6.45, 7) is 10.5. The first kappa shape index (κ1) is 22.2. The van der Waals surface area contributed by atoms with Gasteiger partial charge in [0.05, 0.1) is 0 Å². The first-order valence-corrected chi connectivity index (χ1v) is 12.4. The van der Waals surface area contributed by atoms with E-state index in [1.807, 2.05) is 18.2 Å². The molecular formula is C29H34O4. The third-order valence-corrected chi connectivity index (χ3v) is 8.39. The van der Waals surface area contributed by atoms with E-state index < -0.39 is 5.97 Å². The Hall–Kier alpha value is -2.62. The standard InChI is InChI=1S/C29H34O4/c1-4-20-8-12-22-24-14-17(2)5-11-23(24)29-28(22)27(20)25(30)15-26(31)32-16-18(3)13-19-6-9-21(33-29)10-7-19/h4,6-10,12,17,20,22-24,27-29H,1,3,5,11,13-16H2,2H3/t17-,20+,22+,23-,24+,27-,28+,29+/m1/s1. The lowest BCUT2D eigenvalue weighted by Crippen LogP contribution is -2.43. The number of hydrogen-bond donors (Lipinski definition) is 0. The molecule has 0 radical (unpaired) electrons. The number of ether oxygens (including phenoxy) is 2.